The van der Waals surface area contributed by atoms with E-state index in [1.54, 1.807) is 0 Å². The molecule has 1 aromatic heterocycles. The van der Waals surface area contributed by atoms with E-state index in [1.807, 2.05) is 24.2 Å². The van der Waals surface area contributed by atoms with E-state index in [-0.39, 0.29) is 11.5 Å². The average molecular weight is 389 g/mol. The van der Waals surface area contributed by atoms with Crippen LogP contribution in [0, 0.1) is 12.8 Å². The minimum atomic E-state index is -0.275. The van der Waals surface area contributed by atoms with Gasteiger partial charge in [-0.1, -0.05) is 0 Å². The number of aryl methyl sites for hydroxylation is 1. The van der Waals surface area contributed by atoms with Gasteiger partial charge in [0.2, 0.25) is 5.91 Å². The highest BCUT2D eigenvalue weighted by Gasteiger charge is 2.40. The molecule has 4 heterocycles. The fraction of sp³-hybridized carbons (Fsp3) is 0.762. The van der Waals surface area contributed by atoms with Crippen molar-refractivity contribution in [2.75, 3.05) is 46.0 Å². The number of hydrogen-bond donors (Lipinski definition) is 0. The van der Waals surface area contributed by atoms with E-state index in [2.05, 4.69) is 14.9 Å². The molecule has 4 rings (SSSR count). The summed E-state index contributed by atoms with van der Waals surface area (Å²) >= 11 is 0. The molecule has 0 aliphatic carbocycles. The van der Waals surface area contributed by atoms with Crippen molar-refractivity contribution >= 4 is 5.91 Å². The number of piperidine rings is 1. The molecule has 3 aliphatic rings. The fourth-order valence-electron chi connectivity index (χ4n) is 4.52. The quantitative estimate of drug-likeness (QED) is 0.766. The first-order valence-corrected chi connectivity index (χ1v) is 10.6. The predicted octanol–water partition coefficient (Wildman–Crippen LogP) is 1.80. The number of hydrogen-bond acceptors (Lipinski definition) is 6. The summed E-state index contributed by atoms with van der Waals surface area (Å²) in [6, 6.07) is 0. The summed E-state index contributed by atoms with van der Waals surface area (Å²) < 4.78 is 11.7. The van der Waals surface area contributed by atoms with Gasteiger partial charge in [0.15, 0.2) is 0 Å². The van der Waals surface area contributed by atoms with E-state index in [9.17, 15) is 4.79 Å². The van der Waals surface area contributed by atoms with Crippen molar-refractivity contribution in [3.05, 3.63) is 23.8 Å². The van der Waals surface area contributed by atoms with Gasteiger partial charge in [-0.25, -0.2) is 9.97 Å². The van der Waals surface area contributed by atoms with Crippen LogP contribution in [0.3, 0.4) is 0 Å². The third-order valence-corrected chi connectivity index (χ3v) is 6.43. The summed E-state index contributed by atoms with van der Waals surface area (Å²) in [7, 11) is 0. The summed E-state index contributed by atoms with van der Waals surface area (Å²) in [6.45, 7) is 8.59. The lowest BCUT2D eigenvalue weighted by molar-refractivity contribution is -0.135. The Morgan fingerprint density at radius 3 is 2.68 bits per heavy atom. The first-order chi connectivity index (χ1) is 13.6. The molecule has 0 radical (unpaired) electrons. The highest BCUT2D eigenvalue weighted by molar-refractivity contribution is 5.77. The summed E-state index contributed by atoms with van der Waals surface area (Å²) in [5.74, 6) is 1.67. The maximum atomic E-state index is 12.9. The van der Waals surface area contributed by atoms with Gasteiger partial charge >= 0.3 is 0 Å². The number of rotatable bonds is 5. The topological polar surface area (TPSA) is 67.8 Å². The van der Waals surface area contributed by atoms with Crippen LogP contribution in [0.25, 0.3) is 0 Å². The zero-order valence-electron chi connectivity index (χ0n) is 16.9. The summed E-state index contributed by atoms with van der Waals surface area (Å²) in [5.41, 5.74) is 0.865. The van der Waals surface area contributed by atoms with Crippen LogP contribution in [0.2, 0.25) is 0 Å². The van der Waals surface area contributed by atoms with Crippen molar-refractivity contribution in [1.82, 2.24) is 19.8 Å². The van der Waals surface area contributed by atoms with Crippen LogP contribution < -0.4 is 0 Å². The van der Waals surface area contributed by atoms with Gasteiger partial charge in [-0.05, 0) is 38.5 Å². The second-order valence-corrected chi connectivity index (χ2v) is 8.52. The van der Waals surface area contributed by atoms with Crippen LogP contribution in [0.1, 0.15) is 43.5 Å². The predicted molar refractivity (Wildman–Crippen MR) is 105 cm³/mol. The molecule has 0 aromatic carbocycles. The number of ether oxygens (including phenoxy) is 2. The van der Waals surface area contributed by atoms with Gasteiger partial charge in [-0.2, -0.15) is 0 Å². The zero-order valence-corrected chi connectivity index (χ0v) is 16.9. The van der Waals surface area contributed by atoms with E-state index in [0.29, 0.717) is 18.9 Å². The number of carbonyl (C=O) groups is 1. The molecule has 3 aliphatic heterocycles. The Balaban J connectivity index is 1.27. The molecular formula is C21H32N4O3. The second-order valence-electron chi connectivity index (χ2n) is 8.52. The van der Waals surface area contributed by atoms with E-state index in [0.717, 1.165) is 83.0 Å². The Labute approximate surface area is 167 Å². The van der Waals surface area contributed by atoms with Crippen LogP contribution in [0.4, 0.5) is 0 Å². The highest BCUT2D eigenvalue weighted by Crippen LogP contribution is 2.33. The van der Waals surface area contributed by atoms with Gasteiger partial charge in [-0.15, -0.1) is 0 Å². The van der Waals surface area contributed by atoms with Crippen LogP contribution in [0.5, 0.6) is 0 Å². The summed E-state index contributed by atoms with van der Waals surface area (Å²) in [6.07, 6.45) is 8.34. The Hall–Kier alpha value is -1.57. The van der Waals surface area contributed by atoms with Crippen molar-refractivity contribution < 1.29 is 14.3 Å². The van der Waals surface area contributed by atoms with Crippen LogP contribution >= 0.6 is 0 Å². The molecule has 1 spiro atoms. The van der Waals surface area contributed by atoms with Crippen LogP contribution in [0.15, 0.2) is 12.4 Å². The average Bonchev–Trinajstić information content (AvgIpc) is 3.16. The van der Waals surface area contributed by atoms with Crippen LogP contribution in [-0.4, -0.2) is 77.3 Å². The standard InChI is InChI=1S/C21H32N4O3/c1-17-22-13-19(14-23-17)15-24-7-4-21(5-8-24)12-20(26)25(9-11-28-21)6-2-18-3-10-27-16-18/h13-14,18H,2-12,15-16H2,1H3. The molecule has 1 atom stereocenters. The molecule has 1 amide bonds. The molecule has 7 heteroatoms. The first-order valence-electron chi connectivity index (χ1n) is 10.6. The molecular weight excluding hydrogens is 356 g/mol. The molecule has 28 heavy (non-hydrogen) atoms. The van der Waals surface area contributed by atoms with Gasteiger partial charge in [0, 0.05) is 63.9 Å². The summed E-state index contributed by atoms with van der Waals surface area (Å²) in [5, 5.41) is 0. The van der Waals surface area contributed by atoms with Gasteiger partial charge in [0.05, 0.1) is 18.6 Å². The monoisotopic (exact) mass is 388 g/mol. The van der Waals surface area contributed by atoms with Crippen molar-refractivity contribution in [1.29, 1.82) is 0 Å². The molecule has 0 N–H and O–H groups in total. The Morgan fingerprint density at radius 1 is 1.18 bits per heavy atom. The third kappa shape index (κ3) is 4.88. The molecule has 1 aromatic rings. The van der Waals surface area contributed by atoms with Gasteiger partial charge in [0.25, 0.3) is 0 Å². The molecule has 3 fully saturated rings. The number of aromatic nitrogens is 2. The highest BCUT2D eigenvalue weighted by atomic mass is 16.5. The lowest BCUT2D eigenvalue weighted by Gasteiger charge is -2.40. The van der Waals surface area contributed by atoms with Gasteiger partial charge in [0.1, 0.15) is 5.82 Å². The second kappa shape index (κ2) is 8.84. The number of nitrogens with zero attached hydrogens (tertiary/aromatic N) is 4. The lowest BCUT2D eigenvalue weighted by atomic mass is 9.87. The molecule has 7 nitrogen and oxygen atoms in total. The zero-order chi connectivity index (χ0) is 19.4. The summed E-state index contributed by atoms with van der Waals surface area (Å²) in [4.78, 5) is 25.9. The largest absolute Gasteiger partial charge is 0.381 e. The van der Waals surface area contributed by atoms with E-state index < -0.39 is 0 Å². The first kappa shape index (κ1) is 19.7. The van der Waals surface area contributed by atoms with Crippen molar-refractivity contribution in [2.45, 2.75) is 51.2 Å². The maximum Gasteiger partial charge on any atom is 0.225 e. The normalized spacial score (nSPS) is 26.0. The minimum absolute atomic E-state index is 0.261. The number of amides is 1. The van der Waals surface area contributed by atoms with E-state index >= 15 is 0 Å². The number of carbonyl (C=O) groups excluding carboxylic acids is 1. The molecule has 154 valence electrons. The minimum Gasteiger partial charge on any atom is -0.381 e. The van der Waals surface area contributed by atoms with E-state index in [4.69, 9.17) is 9.47 Å². The third-order valence-electron chi connectivity index (χ3n) is 6.43. The SMILES string of the molecule is Cc1ncc(CN2CCC3(CC2)CC(=O)N(CCC2CCOC2)CCO3)cn1. The van der Waals surface area contributed by atoms with Crippen molar-refractivity contribution in [3.8, 4) is 0 Å². The maximum absolute atomic E-state index is 12.9. The smallest absolute Gasteiger partial charge is 0.225 e. The van der Waals surface area contributed by atoms with Gasteiger partial charge < -0.3 is 14.4 Å². The molecule has 1 unspecified atom stereocenters. The van der Waals surface area contributed by atoms with E-state index in [1.165, 1.54) is 0 Å². The van der Waals surface area contributed by atoms with Crippen molar-refractivity contribution in [2.24, 2.45) is 5.92 Å². The Bertz CT molecular complexity index is 652. The molecule has 3 saturated heterocycles. The Kier molecular flexibility index (Phi) is 6.23. The molecule has 0 bridgehead atoms. The van der Waals surface area contributed by atoms with Gasteiger partial charge in [-0.3, -0.25) is 9.69 Å². The van der Waals surface area contributed by atoms with Crippen LogP contribution in [-0.2, 0) is 20.8 Å². The molecule has 0 saturated carbocycles. The fourth-order valence-corrected chi connectivity index (χ4v) is 4.52. The lowest BCUT2D eigenvalue weighted by Crippen LogP contribution is -2.47. The Morgan fingerprint density at radius 2 is 1.96 bits per heavy atom. The van der Waals surface area contributed by atoms with Crippen molar-refractivity contribution in [3.63, 3.8) is 0 Å². The number of likely N-dealkylation sites (tertiary alicyclic amines) is 1.